The van der Waals surface area contributed by atoms with Crippen LogP contribution in [0.15, 0.2) is 29.2 Å². The number of nitrogens with zero attached hydrogens (tertiary/aromatic N) is 2. The van der Waals surface area contributed by atoms with E-state index < -0.39 is 0 Å². The second-order valence-electron chi connectivity index (χ2n) is 5.37. The van der Waals surface area contributed by atoms with Crippen LogP contribution in [0.1, 0.15) is 35.5 Å². The van der Waals surface area contributed by atoms with Crippen LogP contribution in [0, 0.1) is 6.92 Å². The number of hydrazine groups is 1. The second-order valence-corrected chi connectivity index (χ2v) is 6.42. The molecule has 1 heterocycles. The molecule has 3 rings (SSSR count). The third-order valence-corrected chi connectivity index (χ3v) is 4.71. The summed E-state index contributed by atoms with van der Waals surface area (Å²) in [5.74, 6) is 8.05. The van der Waals surface area contributed by atoms with Gasteiger partial charge in [0, 0.05) is 16.2 Å². The maximum Gasteiger partial charge on any atom is 0.147 e. The molecule has 1 aliphatic carbocycles. The smallest absolute Gasteiger partial charge is 0.147 e. The molecule has 0 saturated carbocycles. The Labute approximate surface area is 129 Å². The molecule has 0 spiro atoms. The lowest BCUT2D eigenvalue weighted by atomic mass is 9.96. The number of hydrogen-bond donors (Lipinski definition) is 2. The molecule has 0 unspecified atom stereocenters. The minimum absolute atomic E-state index is 0.769. The number of nitrogens with one attached hydrogen (secondary N) is 1. The van der Waals surface area contributed by atoms with Crippen molar-refractivity contribution in [3.8, 4) is 0 Å². The van der Waals surface area contributed by atoms with Gasteiger partial charge in [0.1, 0.15) is 11.6 Å². The summed E-state index contributed by atoms with van der Waals surface area (Å²) >= 11 is 1.76. The monoisotopic (exact) mass is 300 g/mol. The molecule has 21 heavy (non-hydrogen) atoms. The first-order valence-corrected chi connectivity index (χ1v) is 8.29. The highest BCUT2D eigenvalue weighted by atomic mass is 32.2. The summed E-state index contributed by atoms with van der Waals surface area (Å²) in [6, 6.07) is 8.50. The highest BCUT2D eigenvalue weighted by Crippen LogP contribution is 2.27. The van der Waals surface area contributed by atoms with E-state index in [9.17, 15) is 0 Å². The third kappa shape index (κ3) is 3.36. The number of nitrogen functional groups attached to an aromatic ring is 1. The Morgan fingerprint density at radius 1 is 1.24 bits per heavy atom. The van der Waals surface area contributed by atoms with Crippen molar-refractivity contribution in [2.75, 3.05) is 5.43 Å². The minimum atomic E-state index is 0.769. The zero-order valence-electron chi connectivity index (χ0n) is 12.2. The quantitative estimate of drug-likeness (QED) is 0.515. The molecule has 0 aliphatic heterocycles. The van der Waals surface area contributed by atoms with Crippen LogP contribution in [-0.2, 0) is 18.6 Å². The van der Waals surface area contributed by atoms with Gasteiger partial charge in [0.05, 0.1) is 5.75 Å². The van der Waals surface area contributed by atoms with E-state index in [1.165, 1.54) is 34.6 Å². The number of anilines is 1. The summed E-state index contributed by atoms with van der Waals surface area (Å²) in [6.45, 7) is 2.11. The average Bonchev–Trinajstić information content (AvgIpc) is 2.52. The maximum atomic E-state index is 5.62. The van der Waals surface area contributed by atoms with Crippen molar-refractivity contribution in [1.29, 1.82) is 0 Å². The van der Waals surface area contributed by atoms with Gasteiger partial charge in [0.25, 0.3) is 0 Å². The van der Waals surface area contributed by atoms with Crippen LogP contribution in [0.3, 0.4) is 0 Å². The predicted molar refractivity (Wildman–Crippen MR) is 87.2 cm³/mol. The van der Waals surface area contributed by atoms with E-state index in [-0.39, 0.29) is 0 Å². The van der Waals surface area contributed by atoms with E-state index in [0.717, 1.165) is 30.2 Å². The van der Waals surface area contributed by atoms with Gasteiger partial charge in [0.2, 0.25) is 0 Å². The topological polar surface area (TPSA) is 63.8 Å². The molecular formula is C16H20N4S. The van der Waals surface area contributed by atoms with Crippen LogP contribution in [0.2, 0.25) is 0 Å². The molecule has 5 heteroatoms. The van der Waals surface area contributed by atoms with Crippen molar-refractivity contribution in [2.24, 2.45) is 5.84 Å². The van der Waals surface area contributed by atoms with Crippen molar-refractivity contribution in [1.82, 2.24) is 9.97 Å². The van der Waals surface area contributed by atoms with Gasteiger partial charge in [-0.05, 0) is 44.7 Å². The van der Waals surface area contributed by atoms with Crippen molar-refractivity contribution in [3.63, 3.8) is 0 Å². The molecule has 110 valence electrons. The fourth-order valence-corrected chi connectivity index (χ4v) is 3.55. The van der Waals surface area contributed by atoms with Gasteiger partial charge in [-0.3, -0.25) is 0 Å². The van der Waals surface area contributed by atoms with Crippen molar-refractivity contribution in [3.05, 3.63) is 46.9 Å². The fraction of sp³-hybridized carbons (Fsp3) is 0.375. The average molecular weight is 300 g/mol. The second kappa shape index (κ2) is 6.45. The molecule has 0 fully saturated rings. The Morgan fingerprint density at radius 3 is 2.90 bits per heavy atom. The van der Waals surface area contributed by atoms with E-state index in [1.54, 1.807) is 11.8 Å². The highest BCUT2D eigenvalue weighted by molar-refractivity contribution is 7.98. The van der Waals surface area contributed by atoms with Crippen LogP contribution in [0.4, 0.5) is 5.82 Å². The van der Waals surface area contributed by atoms with E-state index >= 15 is 0 Å². The number of aromatic nitrogens is 2. The molecule has 2 aromatic rings. The van der Waals surface area contributed by atoms with Crippen molar-refractivity contribution in [2.45, 2.75) is 43.3 Å². The Kier molecular flexibility index (Phi) is 4.41. The first kappa shape index (κ1) is 14.4. The van der Waals surface area contributed by atoms with Crippen LogP contribution in [0.25, 0.3) is 0 Å². The minimum Gasteiger partial charge on any atom is -0.308 e. The molecule has 1 aliphatic rings. The zero-order valence-corrected chi connectivity index (χ0v) is 13.0. The number of fused-ring (bicyclic) bond motifs is 1. The first-order valence-electron chi connectivity index (χ1n) is 7.31. The molecule has 0 radical (unpaired) electrons. The molecular weight excluding hydrogens is 280 g/mol. The van der Waals surface area contributed by atoms with Crippen molar-refractivity contribution < 1.29 is 0 Å². The molecule has 1 aromatic heterocycles. The van der Waals surface area contributed by atoms with Crippen LogP contribution >= 0.6 is 11.8 Å². The van der Waals surface area contributed by atoms with Crippen LogP contribution < -0.4 is 11.3 Å². The first-order chi connectivity index (χ1) is 10.3. The molecule has 1 aromatic carbocycles. The zero-order chi connectivity index (χ0) is 14.7. The van der Waals surface area contributed by atoms with Crippen LogP contribution in [-0.4, -0.2) is 9.97 Å². The molecule has 0 saturated heterocycles. The van der Waals surface area contributed by atoms with Gasteiger partial charge in [-0.1, -0.05) is 17.7 Å². The molecule has 0 atom stereocenters. The number of nitrogens with two attached hydrogens (primary N) is 1. The number of hydrogen-bond acceptors (Lipinski definition) is 5. The number of aryl methyl sites for hydroxylation is 2. The molecule has 0 amide bonds. The summed E-state index contributed by atoms with van der Waals surface area (Å²) in [5, 5.41) is 0. The lowest BCUT2D eigenvalue weighted by Gasteiger charge is -2.18. The van der Waals surface area contributed by atoms with E-state index in [2.05, 4.69) is 41.6 Å². The van der Waals surface area contributed by atoms with Gasteiger partial charge in [-0.2, -0.15) is 0 Å². The van der Waals surface area contributed by atoms with E-state index in [0.29, 0.717) is 0 Å². The third-order valence-electron chi connectivity index (χ3n) is 3.72. The van der Waals surface area contributed by atoms with Crippen molar-refractivity contribution >= 4 is 17.6 Å². The fourth-order valence-electron chi connectivity index (χ4n) is 2.68. The predicted octanol–water partition coefficient (Wildman–Crippen LogP) is 3.24. The maximum absolute atomic E-state index is 5.62. The summed E-state index contributed by atoms with van der Waals surface area (Å²) in [7, 11) is 0. The molecule has 4 nitrogen and oxygen atoms in total. The Bertz CT molecular complexity index is 625. The summed E-state index contributed by atoms with van der Waals surface area (Å²) in [4.78, 5) is 10.6. The lowest BCUT2D eigenvalue weighted by Crippen LogP contribution is -2.17. The van der Waals surface area contributed by atoms with Gasteiger partial charge >= 0.3 is 0 Å². The standard InChI is InChI=1S/C16H20N4S/c1-11-5-4-6-12(9-11)21-10-15-18-14-8-3-2-7-13(14)16(19-15)20-17/h4-6,9H,2-3,7-8,10,17H2,1H3,(H,18,19,20). The Hall–Kier alpha value is -1.59. The largest absolute Gasteiger partial charge is 0.308 e. The highest BCUT2D eigenvalue weighted by Gasteiger charge is 2.17. The lowest BCUT2D eigenvalue weighted by molar-refractivity contribution is 0.659. The van der Waals surface area contributed by atoms with Gasteiger partial charge in [0.15, 0.2) is 0 Å². The number of thioether (sulfide) groups is 1. The van der Waals surface area contributed by atoms with Gasteiger partial charge < -0.3 is 5.43 Å². The Morgan fingerprint density at radius 2 is 2.10 bits per heavy atom. The summed E-state index contributed by atoms with van der Waals surface area (Å²) in [5.41, 5.74) is 6.39. The molecule has 3 N–H and O–H groups in total. The summed E-state index contributed by atoms with van der Waals surface area (Å²) in [6.07, 6.45) is 4.47. The SMILES string of the molecule is Cc1cccc(SCc2nc3c(c(NN)n2)CCCC3)c1. The van der Waals surface area contributed by atoms with Gasteiger partial charge in [-0.25, -0.2) is 15.8 Å². The number of benzene rings is 1. The van der Waals surface area contributed by atoms with E-state index in [1.807, 2.05) is 0 Å². The van der Waals surface area contributed by atoms with E-state index in [4.69, 9.17) is 10.8 Å². The molecule has 0 bridgehead atoms. The normalized spacial score (nSPS) is 13.8. The number of rotatable bonds is 4. The van der Waals surface area contributed by atoms with Gasteiger partial charge in [-0.15, -0.1) is 11.8 Å². The van der Waals surface area contributed by atoms with Crippen LogP contribution in [0.5, 0.6) is 0 Å². The Balaban J connectivity index is 1.79. The summed E-state index contributed by atoms with van der Waals surface area (Å²) < 4.78 is 0.